The van der Waals surface area contributed by atoms with Crippen molar-refractivity contribution < 1.29 is 9.79 Å². The van der Waals surface area contributed by atoms with Gasteiger partial charge in [0, 0.05) is 20.5 Å². The van der Waals surface area contributed by atoms with Crippen molar-refractivity contribution in [1.82, 2.24) is 5.10 Å². The van der Waals surface area contributed by atoms with Crippen LogP contribution in [0.1, 0.15) is 11.3 Å². The van der Waals surface area contributed by atoms with Crippen molar-refractivity contribution in [1.29, 1.82) is 0 Å². The fourth-order valence-corrected chi connectivity index (χ4v) is 2.49. The summed E-state index contributed by atoms with van der Waals surface area (Å²) in [5.41, 5.74) is 1.67. The third-order valence-corrected chi connectivity index (χ3v) is 3.81. The van der Waals surface area contributed by atoms with Gasteiger partial charge in [0.05, 0.1) is 5.39 Å². The Bertz CT molecular complexity index is 826. The first-order valence-electron chi connectivity index (χ1n) is 6.58. The number of aryl methyl sites for hydroxylation is 1. The summed E-state index contributed by atoms with van der Waals surface area (Å²) in [5, 5.41) is 16.9. The van der Waals surface area contributed by atoms with Crippen LogP contribution in [0.25, 0.3) is 22.7 Å². The maximum Gasteiger partial charge on any atom is 0.244 e. The molecule has 3 aromatic rings. The van der Waals surface area contributed by atoms with Gasteiger partial charge in [0.1, 0.15) is 5.69 Å². The van der Waals surface area contributed by atoms with Gasteiger partial charge in [-0.2, -0.15) is 0 Å². The lowest BCUT2D eigenvalue weighted by atomic mass is 10.1. The summed E-state index contributed by atoms with van der Waals surface area (Å²) in [6, 6.07) is 15.5. The molecule has 0 fully saturated rings. The monoisotopic (exact) mass is 341 g/mol. The maximum atomic E-state index is 10.2. The molecule has 0 saturated carbocycles. The van der Waals surface area contributed by atoms with Gasteiger partial charge < -0.3 is 5.11 Å². The average Bonchev–Trinajstić information content (AvgIpc) is 2.48. The van der Waals surface area contributed by atoms with E-state index in [-0.39, 0.29) is 5.76 Å². The molecule has 0 spiro atoms. The number of aliphatic hydroxyl groups is 1. The van der Waals surface area contributed by atoms with Crippen LogP contribution in [0.2, 0.25) is 0 Å². The molecule has 0 aliphatic heterocycles. The van der Waals surface area contributed by atoms with E-state index < -0.39 is 0 Å². The summed E-state index contributed by atoms with van der Waals surface area (Å²) in [5.74, 6) is 0.176. The molecule has 0 aliphatic rings. The van der Waals surface area contributed by atoms with Crippen LogP contribution in [0, 0.1) is 6.92 Å². The molecule has 104 valence electrons. The summed E-state index contributed by atoms with van der Waals surface area (Å²) in [7, 11) is 0. The molecule has 0 atom stereocenters. The molecule has 2 aromatic carbocycles. The van der Waals surface area contributed by atoms with Gasteiger partial charge in [0.25, 0.3) is 0 Å². The Morgan fingerprint density at radius 3 is 2.62 bits per heavy atom. The summed E-state index contributed by atoms with van der Waals surface area (Å²) in [6.07, 6.45) is 3.51. The Morgan fingerprint density at radius 1 is 1.14 bits per heavy atom. The van der Waals surface area contributed by atoms with Gasteiger partial charge in [-0.05, 0) is 37.3 Å². The second-order valence-corrected chi connectivity index (χ2v) is 5.72. The zero-order valence-electron chi connectivity index (χ0n) is 11.5. The highest BCUT2D eigenvalue weighted by atomic mass is 79.9. The van der Waals surface area contributed by atoms with Crippen molar-refractivity contribution in [3.63, 3.8) is 0 Å². The van der Waals surface area contributed by atoms with Gasteiger partial charge in [-0.3, -0.25) is 0 Å². The number of hydrogen-bond acceptors (Lipinski definition) is 2. The first-order valence-corrected chi connectivity index (χ1v) is 7.37. The van der Waals surface area contributed by atoms with Crippen molar-refractivity contribution in [3.8, 4) is 0 Å². The molecular weight excluding hydrogens is 328 g/mol. The standard InChI is InChI=1S/C17H13BrN2O/c1-12-16-5-3-2-4-14(16)10-20(19-12)11-17(21)13-6-8-15(18)9-7-13/h2-11H,1H3/p+1. The lowest BCUT2D eigenvalue weighted by Crippen LogP contribution is -2.31. The van der Waals surface area contributed by atoms with Crippen LogP contribution in [0.4, 0.5) is 0 Å². The average molecular weight is 342 g/mol. The second kappa shape index (κ2) is 5.66. The van der Waals surface area contributed by atoms with Crippen molar-refractivity contribution in [2.24, 2.45) is 0 Å². The summed E-state index contributed by atoms with van der Waals surface area (Å²) in [4.78, 5) is 0. The zero-order chi connectivity index (χ0) is 14.8. The molecule has 0 unspecified atom stereocenters. The summed E-state index contributed by atoms with van der Waals surface area (Å²) < 4.78 is 2.63. The van der Waals surface area contributed by atoms with E-state index in [1.54, 1.807) is 10.9 Å². The van der Waals surface area contributed by atoms with Crippen LogP contribution in [-0.2, 0) is 0 Å². The molecule has 21 heavy (non-hydrogen) atoms. The third-order valence-electron chi connectivity index (χ3n) is 3.28. The highest BCUT2D eigenvalue weighted by molar-refractivity contribution is 9.10. The highest BCUT2D eigenvalue weighted by Gasteiger charge is 2.09. The third kappa shape index (κ3) is 2.95. The fraction of sp³-hybridized carbons (Fsp3) is 0.0588. The second-order valence-electron chi connectivity index (χ2n) is 4.80. The lowest BCUT2D eigenvalue weighted by molar-refractivity contribution is -0.633. The molecule has 1 N–H and O–H groups in total. The quantitative estimate of drug-likeness (QED) is 0.562. The van der Waals surface area contributed by atoms with E-state index in [2.05, 4.69) is 21.0 Å². The predicted molar refractivity (Wildman–Crippen MR) is 87.6 cm³/mol. The summed E-state index contributed by atoms with van der Waals surface area (Å²) in [6.45, 7) is 1.96. The zero-order valence-corrected chi connectivity index (χ0v) is 13.1. The Morgan fingerprint density at radius 2 is 1.86 bits per heavy atom. The van der Waals surface area contributed by atoms with Gasteiger partial charge >= 0.3 is 0 Å². The number of halogens is 1. The number of rotatable bonds is 2. The maximum absolute atomic E-state index is 10.2. The molecule has 3 rings (SSSR count). The summed E-state index contributed by atoms with van der Waals surface area (Å²) >= 11 is 3.38. The van der Waals surface area contributed by atoms with Crippen LogP contribution in [0.5, 0.6) is 0 Å². The predicted octanol–water partition coefficient (Wildman–Crippen LogP) is 4.11. The van der Waals surface area contributed by atoms with Crippen molar-refractivity contribution in [2.75, 3.05) is 0 Å². The van der Waals surface area contributed by atoms with E-state index in [4.69, 9.17) is 0 Å². The molecule has 0 saturated heterocycles. The minimum atomic E-state index is 0.176. The Balaban J connectivity index is 2.04. The molecule has 1 heterocycles. The SMILES string of the molecule is Cc1n[n+](/C=C(\O)c2ccc(Br)cc2)cc2ccccc12. The smallest absolute Gasteiger partial charge is 0.244 e. The van der Waals surface area contributed by atoms with E-state index in [1.165, 1.54) is 0 Å². The van der Waals surface area contributed by atoms with Crippen LogP contribution >= 0.6 is 15.9 Å². The van der Waals surface area contributed by atoms with Crippen LogP contribution in [0.3, 0.4) is 0 Å². The molecule has 0 aliphatic carbocycles. The molecule has 0 bridgehead atoms. The molecule has 0 amide bonds. The molecule has 1 aromatic heterocycles. The Hall–Kier alpha value is -2.20. The fourth-order valence-electron chi connectivity index (χ4n) is 2.22. The van der Waals surface area contributed by atoms with Gasteiger partial charge in [0.15, 0.2) is 5.76 Å². The normalized spacial score (nSPS) is 11.8. The van der Waals surface area contributed by atoms with E-state index in [9.17, 15) is 5.11 Å². The largest absolute Gasteiger partial charge is 0.502 e. The number of aromatic nitrogens is 2. The number of hydrogen-bond donors (Lipinski definition) is 1. The van der Waals surface area contributed by atoms with Crippen LogP contribution < -0.4 is 4.68 Å². The topological polar surface area (TPSA) is 37.0 Å². The minimum absolute atomic E-state index is 0.176. The van der Waals surface area contributed by atoms with Gasteiger partial charge in [-0.15, -0.1) is 0 Å². The molecule has 4 heteroatoms. The number of benzene rings is 2. The van der Waals surface area contributed by atoms with Crippen molar-refractivity contribution in [3.05, 3.63) is 70.5 Å². The Labute approximate surface area is 131 Å². The Kier molecular flexibility index (Phi) is 3.71. The van der Waals surface area contributed by atoms with Gasteiger partial charge in [-0.25, -0.2) is 0 Å². The van der Waals surface area contributed by atoms with E-state index in [1.807, 2.05) is 61.7 Å². The van der Waals surface area contributed by atoms with E-state index in [0.29, 0.717) is 0 Å². The minimum Gasteiger partial charge on any atom is -0.502 e. The van der Waals surface area contributed by atoms with Crippen molar-refractivity contribution >= 4 is 38.7 Å². The van der Waals surface area contributed by atoms with Crippen LogP contribution in [-0.4, -0.2) is 10.2 Å². The van der Waals surface area contributed by atoms with E-state index >= 15 is 0 Å². The number of aliphatic hydroxyl groups excluding tert-OH is 1. The van der Waals surface area contributed by atoms with Crippen LogP contribution in [0.15, 0.2) is 59.2 Å². The van der Waals surface area contributed by atoms with Crippen molar-refractivity contribution in [2.45, 2.75) is 6.92 Å². The number of nitrogens with zero attached hydrogens (tertiary/aromatic N) is 2. The van der Waals surface area contributed by atoms with Gasteiger partial charge in [-0.1, -0.05) is 38.8 Å². The molecule has 3 nitrogen and oxygen atoms in total. The number of fused-ring (bicyclic) bond motifs is 1. The van der Waals surface area contributed by atoms with E-state index in [0.717, 1.165) is 26.5 Å². The first kappa shape index (κ1) is 13.8. The van der Waals surface area contributed by atoms with Gasteiger partial charge in [0.2, 0.25) is 12.4 Å². The highest BCUT2D eigenvalue weighted by Crippen LogP contribution is 2.16. The molecule has 0 radical (unpaired) electrons. The first-order chi connectivity index (χ1) is 10.1. The lowest BCUT2D eigenvalue weighted by Gasteiger charge is -1.99. The molecular formula is C17H14BrN2O+.